The van der Waals surface area contributed by atoms with Gasteiger partial charge in [0.2, 0.25) is 0 Å². The number of nitrogens with one attached hydrogen (secondary N) is 1. The maximum Gasteiger partial charge on any atom is 0.319 e. The molecule has 0 radical (unpaired) electrons. The van der Waals surface area contributed by atoms with Crippen molar-refractivity contribution in [1.82, 2.24) is 30.0 Å². The Bertz CT molecular complexity index is 1760. The topological polar surface area (TPSA) is 103 Å². The minimum atomic E-state index is -0.905. The van der Waals surface area contributed by atoms with Gasteiger partial charge in [0.1, 0.15) is 29.8 Å². The average molecular weight is 604 g/mol. The highest BCUT2D eigenvalue weighted by Gasteiger charge is 2.49. The number of alkyl halides is 1. The van der Waals surface area contributed by atoms with Gasteiger partial charge in [-0.25, -0.2) is 8.78 Å². The number of ether oxygens (including phenoxy) is 1. The number of hydrogen-bond acceptors (Lipinski definition) is 8. The number of nitrogens with zero attached hydrogens (tertiary/aromatic N) is 6. The second-order valence-corrected chi connectivity index (χ2v) is 13.8. The largest absolute Gasteiger partial charge is 0.461 e. The molecule has 1 saturated carbocycles. The van der Waals surface area contributed by atoms with Crippen LogP contribution in [0.25, 0.3) is 33.1 Å². The van der Waals surface area contributed by atoms with Crippen molar-refractivity contribution in [2.24, 2.45) is 0 Å². The fourth-order valence-corrected chi connectivity index (χ4v) is 8.27. The third kappa shape index (κ3) is 4.53. The first-order valence-electron chi connectivity index (χ1n) is 16.0. The van der Waals surface area contributed by atoms with Crippen LogP contribution in [0.2, 0.25) is 0 Å². The smallest absolute Gasteiger partial charge is 0.319 e. The van der Waals surface area contributed by atoms with Gasteiger partial charge in [-0.15, -0.1) is 0 Å². The lowest BCUT2D eigenvalue weighted by Crippen LogP contribution is -2.46. The van der Waals surface area contributed by atoms with Crippen LogP contribution in [-0.4, -0.2) is 85.3 Å². The number of hydrogen-bond donors (Lipinski definition) is 2. The molecule has 3 atom stereocenters. The van der Waals surface area contributed by atoms with Gasteiger partial charge in [-0.3, -0.25) is 15.0 Å². The van der Waals surface area contributed by atoms with Gasteiger partial charge in [-0.1, -0.05) is 6.42 Å². The SMILES string of the molecule is Cc1cc2[nH]ncc2c(-c2ncc3c(N4CCC[C@@](C)(O)C4)nc(OC[C@@]45CCCN4C[C@H](F)C5)nc3c2F)c1C1CCC1. The molecular weight excluding hydrogens is 564 g/mol. The number of halogens is 2. The second-order valence-electron chi connectivity index (χ2n) is 13.8. The number of β-amino-alcohol motifs (C(OH)–C–C–N with tert-alkyl or cyclic N) is 1. The van der Waals surface area contributed by atoms with E-state index in [1.807, 2.05) is 11.8 Å². The predicted molar refractivity (Wildman–Crippen MR) is 164 cm³/mol. The second kappa shape index (κ2) is 10.3. The molecule has 44 heavy (non-hydrogen) atoms. The van der Waals surface area contributed by atoms with Crippen molar-refractivity contribution < 1.29 is 18.6 Å². The summed E-state index contributed by atoms with van der Waals surface area (Å²) in [5, 5.41) is 19.6. The molecule has 0 unspecified atom stereocenters. The lowest BCUT2D eigenvalue weighted by molar-refractivity contribution is 0.0447. The van der Waals surface area contributed by atoms with Crippen LogP contribution in [0, 0.1) is 12.7 Å². The number of pyridine rings is 1. The van der Waals surface area contributed by atoms with E-state index < -0.39 is 17.6 Å². The van der Waals surface area contributed by atoms with Crippen LogP contribution in [0.15, 0.2) is 18.5 Å². The van der Waals surface area contributed by atoms with Crippen molar-refractivity contribution in [3.8, 4) is 17.3 Å². The first-order valence-corrected chi connectivity index (χ1v) is 16.0. The van der Waals surface area contributed by atoms with Gasteiger partial charge in [0.25, 0.3) is 0 Å². The number of anilines is 1. The maximum atomic E-state index is 17.0. The maximum absolute atomic E-state index is 17.0. The summed E-state index contributed by atoms with van der Waals surface area (Å²) in [7, 11) is 0. The Kier molecular flexibility index (Phi) is 6.57. The van der Waals surface area contributed by atoms with E-state index in [0.29, 0.717) is 49.6 Å². The summed E-state index contributed by atoms with van der Waals surface area (Å²) in [6.07, 6.45) is 9.51. The molecule has 4 fully saturated rings. The highest BCUT2D eigenvalue weighted by atomic mass is 19.1. The molecule has 0 bridgehead atoms. The molecule has 3 saturated heterocycles. The fraction of sp³-hybridized carbons (Fsp3) is 0.576. The van der Waals surface area contributed by atoms with Gasteiger partial charge in [-0.2, -0.15) is 15.1 Å². The summed E-state index contributed by atoms with van der Waals surface area (Å²) >= 11 is 0. The molecule has 4 aromatic rings. The molecule has 0 spiro atoms. The Balaban J connectivity index is 1.27. The van der Waals surface area contributed by atoms with Crippen molar-refractivity contribution >= 4 is 27.6 Å². The van der Waals surface area contributed by atoms with Crippen LogP contribution in [-0.2, 0) is 0 Å². The van der Waals surface area contributed by atoms with E-state index >= 15 is 4.39 Å². The molecule has 11 heteroatoms. The van der Waals surface area contributed by atoms with Gasteiger partial charge in [-0.05, 0) is 82.0 Å². The molecular formula is C33H39F2N7O2. The number of rotatable bonds is 6. The number of aromatic nitrogens is 5. The summed E-state index contributed by atoms with van der Waals surface area (Å²) < 4.78 is 37.8. The van der Waals surface area contributed by atoms with Crippen molar-refractivity contribution in [2.75, 3.05) is 37.7 Å². The third-order valence-corrected chi connectivity index (χ3v) is 10.6. The molecule has 9 nitrogen and oxygen atoms in total. The minimum Gasteiger partial charge on any atom is -0.461 e. The first-order chi connectivity index (χ1) is 21.2. The monoisotopic (exact) mass is 603 g/mol. The van der Waals surface area contributed by atoms with Gasteiger partial charge >= 0.3 is 6.01 Å². The summed E-state index contributed by atoms with van der Waals surface area (Å²) in [5.74, 6) is 0.310. The number of benzene rings is 1. The summed E-state index contributed by atoms with van der Waals surface area (Å²) in [6, 6.07) is 2.15. The van der Waals surface area contributed by atoms with E-state index in [4.69, 9.17) is 14.7 Å². The third-order valence-electron chi connectivity index (χ3n) is 10.6. The molecule has 8 rings (SSSR count). The van der Waals surface area contributed by atoms with Crippen LogP contribution in [0.3, 0.4) is 0 Å². The Morgan fingerprint density at radius 3 is 2.75 bits per heavy atom. The molecule has 1 aromatic carbocycles. The highest BCUT2D eigenvalue weighted by molar-refractivity contribution is 5.99. The van der Waals surface area contributed by atoms with E-state index in [1.54, 1.807) is 12.4 Å². The molecule has 0 amide bonds. The van der Waals surface area contributed by atoms with E-state index in [0.717, 1.165) is 72.7 Å². The van der Waals surface area contributed by atoms with Crippen LogP contribution in [0.4, 0.5) is 14.6 Å². The standard InChI is InChI=1S/C33H39F2N7O2/c1-19-12-24-22(15-37-40-24)26(25(19)20-6-3-7-20)29-27(35)28-23(14-36-29)30(41-10-4-8-32(2,43)17-41)39-31(38-28)44-18-33-9-5-11-42(33)16-21(34)13-33/h12,14-15,20-21,43H,3-11,13,16-18H2,1-2H3,(H,37,40)/t21-,32-,33+/m1/s1. The van der Waals surface area contributed by atoms with Gasteiger partial charge in [0.15, 0.2) is 5.82 Å². The number of aryl methyl sites for hydroxylation is 1. The zero-order valence-corrected chi connectivity index (χ0v) is 25.4. The normalized spacial score (nSPS) is 27.8. The van der Waals surface area contributed by atoms with Crippen molar-refractivity contribution in [3.05, 3.63) is 35.4 Å². The lowest BCUT2D eigenvalue weighted by Gasteiger charge is -2.38. The Labute approximate surface area is 255 Å². The summed E-state index contributed by atoms with van der Waals surface area (Å²) in [6.45, 7) is 6.41. The minimum absolute atomic E-state index is 0.0641. The Morgan fingerprint density at radius 1 is 1.11 bits per heavy atom. The van der Waals surface area contributed by atoms with Crippen molar-refractivity contribution in [1.29, 1.82) is 0 Å². The molecule has 2 N–H and O–H groups in total. The number of aliphatic hydroxyl groups is 1. The molecule has 1 aliphatic carbocycles. The number of H-pyrrole nitrogens is 1. The highest BCUT2D eigenvalue weighted by Crippen LogP contribution is 2.47. The van der Waals surface area contributed by atoms with E-state index in [9.17, 15) is 9.50 Å². The summed E-state index contributed by atoms with van der Waals surface area (Å²) in [4.78, 5) is 18.4. The van der Waals surface area contributed by atoms with Gasteiger partial charge in [0, 0.05) is 43.2 Å². The number of piperidine rings is 1. The quantitative estimate of drug-likeness (QED) is 0.294. The lowest BCUT2D eigenvalue weighted by atomic mass is 9.75. The van der Waals surface area contributed by atoms with Gasteiger partial charge in [0.05, 0.1) is 28.2 Å². The Morgan fingerprint density at radius 2 is 1.95 bits per heavy atom. The fourth-order valence-electron chi connectivity index (χ4n) is 8.27. The van der Waals surface area contributed by atoms with Crippen LogP contribution in [0.1, 0.15) is 75.3 Å². The van der Waals surface area contributed by atoms with Crippen molar-refractivity contribution in [3.63, 3.8) is 0 Å². The van der Waals surface area contributed by atoms with E-state index in [1.165, 1.54) is 0 Å². The van der Waals surface area contributed by atoms with Crippen LogP contribution in [0.5, 0.6) is 6.01 Å². The van der Waals surface area contributed by atoms with Crippen LogP contribution < -0.4 is 9.64 Å². The molecule has 3 aromatic heterocycles. The molecule has 6 heterocycles. The van der Waals surface area contributed by atoms with Crippen LogP contribution >= 0.6 is 0 Å². The molecule has 232 valence electrons. The van der Waals surface area contributed by atoms with E-state index in [-0.39, 0.29) is 29.4 Å². The van der Waals surface area contributed by atoms with E-state index in [2.05, 4.69) is 33.1 Å². The number of aromatic amines is 1. The zero-order chi connectivity index (χ0) is 30.2. The average Bonchev–Trinajstić information content (AvgIpc) is 3.65. The Hall–Kier alpha value is -3.44. The zero-order valence-electron chi connectivity index (χ0n) is 25.4. The number of fused-ring (bicyclic) bond motifs is 3. The van der Waals surface area contributed by atoms with Crippen molar-refractivity contribution in [2.45, 2.75) is 88.4 Å². The molecule has 4 aliphatic rings. The first kappa shape index (κ1) is 28.1. The van der Waals surface area contributed by atoms with Gasteiger partial charge < -0.3 is 14.7 Å². The molecule has 3 aliphatic heterocycles. The summed E-state index contributed by atoms with van der Waals surface area (Å²) in [5.41, 5.74) is 2.90. The predicted octanol–water partition coefficient (Wildman–Crippen LogP) is 5.59.